The number of halogens is 1. The van der Waals surface area contributed by atoms with Gasteiger partial charge in [0.05, 0.1) is 21.9 Å². The van der Waals surface area contributed by atoms with Crippen LogP contribution in [0.3, 0.4) is 0 Å². The molecule has 0 aliphatic heterocycles. The molecule has 0 aliphatic carbocycles. The van der Waals surface area contributed by atoms with Crippen LogP contribution in [-0.2, 0) is 9.53 Å². The predicted molar refractivity (Wildman–Crippen MR) is 80.3 cm³/mol. The van der Waals surface area contributed by atoms with Gasteiger partial charge in [0.1, 0.15) is 0 Å². The topological polar surface area (TPSA) is 112 Å². The number of carbonyl (C=O) groups is 2. The fourth-order valence-corrected chi connectivity index (χ4v) is 1.84. The Hall–Kier alpha value is -2.87. The van der Waals surface area contributed by atoms with E-state index in [-0.39, 0.29) is 22.2 Å². The molecule has 0 saturated heterocycles. The molecule has 0 unspecified atom stereocenters. The Balaban J connectivity index is 2.01. The van der Waals surface area contributed by atoms with Gasteiger partial charge < -0.3 is 14.5 Å². The van der Waals surface area contributed by atoms with Crippen LogP contribution in [0.25, 0.3) is 0 Å². The molecule has 1 amide bonds. The lowest BCUT2D eigenvalue weighted by Gasteiger charge is -2.13. The van der Waals surface area contributed by atoms with E-state index in [1.54, 1.807) is 0 Å². The molecule has 1 heterocycles. The quantitative estimate of drug-likeness (QED) is 0.509. The number of ether oxygens (including phenoxy) is 1. The maximum Gasteiger partial charge on any atom is 0.374 e. The summed E-state index contributed by atoms with van der Waals surface area (Å²) in [5.74, 6) is -1.45. The molecule has 0 bridgehead atoms. The highest BCUT2D eigenvalue weighted by atomic mass is 35.5. The van der Waals surface area contributed by atoms with Gasteiger partial charge in [-0.1, -0.05) is 11.6 Å². The van der Waals surface area contributed by atoms with E-state index in [0.29, 0.717) is 0 Å². The number of benzene rings is 1. The Kier molecular flexibility index (Phi) is 4.97. The number of nitrogens with zero attached hydrogens (tertiary/aromatic N) is 1. The van der Waals surface area contributed by atoms with Crippen LogP contribution in [-0.4, -0.2) is 22.9 Å². The van der Waals surface area contributed by atoms with Crippen LogP contribution >= 0.6 is 11.6 Å². The Morgan fingerprint density at radius 3 is 2.70 bits per heavy atom. The number of anilines is 1. The number of non-ortho nitro benzene ring substituents is 1. The fraction of sp³-hybridized carbons (Fsp3) is 0.143. The first-order valence-corrected chi connectivity index (χ1v) is 6.75. The number of nitro groups is 1. The zero-order valence-electron chi connectivity index (χ0n) is 11.8. The molecule has 1 atom stereocenters. The summed E-state index contributed by atoms with van der Waals surface area (Å²) in [4.78, 5) is 33.7. The van der Waals surface area contributed by atoms with Gasteiger partial charge in [-0.05, 0) is 25.1 Å². The summed E-state index contributed by atoms with van der Waals surface area (Å²) in [6.07, 6.45) is 0.191. The molecule has 2 aromatic rings. The van der Waals surface area contributed by atoms with E-state index in [9.17, 15) is 19.7 Å². The standard InChI is InChI=1S/C14H11ClN2O6/c1-8(23-14(19)12-3-2-6-22-12)13(18)16-11-5-4-9(17(20)21)7-10(11)15/h2-8H,1H3,(H,16,18)/t8-/m1/s1. The highest BCUT2D eigenvalue weighted by molar-refractivity contribution is 6.34. The fourth-order valence-electron chi connectivity index (χ4n) is 1.62. The minimum absolute atomic E-state index is 0.00267. The molecule has 0 spiro atoms. The largest absolute Gasteiger partial charge is 0.457 e. The van der Waals surface area contributed by atoms with Crippen molar-refractivity contribution in [1.29, 1.82) is 0 Å². The molecular weight excluding hydrogens is 328 g/mol. The summed E-state index contributed by atoms with van der Waals surface area (Å²) in [5.41, 5.74) is -0.0338. The van der Waals surface area contributed by atoms with Crippen molar-refractivity contribution >= 4 is 34.9 Å². The van der Waals surface area contributed by atoms with Crippen LogP contribution in [0.1, 0.15) is 17.5 Å². The first kappa shape index (κ1) is 16.5. The molecule has 2 rings (SSSR count). The second kappa shape index (κ2) is 6.93. The van der Waals surface area contributed by atoms with Crippen LogP contribution < -0.4 is 5.32 Å². The number of hydrogen-bond donors (Lipinski definition) is 1. The van der Waals surface area contributed by atoms with E-state index in [1.807, 2.05) is 0 Å². The van der Waals surface area contributed by atoms with Gasteiger partial charge in [0.15, 0.2) is 6.10 Å². The molecule has 120 valence electrons. The van der Waals surface area contributed by atoms with Gasteiger partial charge in [-0.15, -0.1) is 0 Å². The second-order valence-electron chi connectivity index (χ2n) is 4.44. The van der Waals surface area contributed by atoms with E-state index >= 15 is 0 Å². The molecular formula is C14H11ClN2O6. The Labute approximate surface area is 135 Å². The third-order valence-corrected chi connectivity index (χ3v) is 3.11. The molecule has 0 aliphatic rings. The molecule has 9 heteroatoms. The van der Waals surface area contributed by atoms with Crippen LogP contribution in [0.2, 0.25) is 5.02 Å². The summed E-state index contributed by atoms with van der Waals surface area (Å²) in [6.45, 7) is 1.37. The summed E-state index contributed by atoms with van der Waals surface area (Å²) >= 11 is 5.87. The molecule has 1 aromatic heterocycles. The van der Waals surface area contributed by atoms with Crippen molar-refractivity contribution < 1.29 is 23.7 Å². The number of nitro benzene ring substituents is 1. The van der Waals surface area contributed by atoms with Gasteiger partial charge in [0.25, 0.3) is 11.6 Å². The Morgan fingerprint density at radius 2 is 2.13 bits per heavy atom. The predicted octanol–water partition coefficient (Wildman–Crippen LogP) is 3.03. The number of nitrogens with one attached hydrogen (secondary N) is 1. The van der Waals surface area contributed by atoms with Crippen molar-refractivity contribution in [2.75, 3.05) is 5.32 Å². The minimum Gasteiger partial charge on any atom is -0.457 e. The average Bonchev–Trinajstić information content (AvgIpc) is 3.03. The molecule has 0 radical (unpaired) electrons. The first-order valence-electron chi connectivity index (χ1n) is 6.38. The molecule has 1 aromatic carbocycles. The van der Waals surface area contributed by atoms with Crippen LogP contribution in [0.5, 0.6) is 0 Å². The van der Waals surface area contributed by atoms with Gasteiger partial charge in [0.2, 0.25) is 5.76 Å². The zero-order valence-corrected chi connectivity index (χ0v) is 12.6. The molecule has 0 saturated carbocycles. The summed E-state index contributed by atoms with van der Waals surface area (Å²) in [7, 11) is 0. The third-order valence-electron chi connectivity index (χ3n) is 2.80. The highest BCUT2D eigenvalue weighted by Gasteiger charge is 2.21. The normalized spacial score (nSPS) is 11.6. The monoisotopic (exact) mass is 338 g/mol. The smallest absolute Gasteiger partial charge is 0.374 e. The van der Waals surface area contributed by atoms with Crippen molar-refractivity contribution in [3.05, 3.63) is 57.5 Å². The molecule has 8 nitrogen and oxygen atoms in total. The lowest BCUT2D eigenvalue weighted by Crippen LogP contribution is -2.30. The lowest BCUT2D eigenvalue weighted by atomic mass is 10.2. The van der Waals surface area contributed by atoms with E-state index in [4.69, 9.17) is 20.8 Å². The minimum atomic E-state index is -1.11. The molecule has 0 fully saturated rings. The number of rotatable bonds is 5. The van der Waals surface area contributed by atoms with Gasteiger partial charge >= 0.3 is 5.97 Å². The van der Waals surface area contributed by atoms with Crippen LogP contribution in [0, 0.1) is 10.1 Å². The second-order valence-corrected chi connectivity index (χ2v) is 4.84. The number of hydrogen-bond acceptors (Lipinski definition) is 6. The average molecular weight is 339 g/mol. The Morgan fingerprint density at radius 1 is 1.39 bits per heavy atom. The van der Waals surface area contributed by atoms with E-state index in [2.05, 4.69) is 5.32 Å². The Bertz CT molecular complexity index is 744. The maximum absolute atomic E-state index is 12.0. The van der Waals surface area contributed by atoms with Crippen molar-refractivity contribution in [3.63, 3.8) is 0 Å². The molecule has 1 N–H and O–H groups in total. The van der Waals surface area contributed by atoms with E-state index in [0.717, 1.165) is 6.07 Å². The summed E-state index contributed by atoms with van der Waals surface area (Å²) in [6, 6.07) is 6.51. The van der Waals surface area contributed by atoms with Gasteiger partial charge in [-0.2, -0.15) is 0 Å². The number of amides is 1. The number of esters is 1. The summed E-state index contributed by atoms with van der Waals surface area (Å²) < 4.78 is 9.79. The van der Waals surface area contributed by atoms with Crippen molar-refractivity contribution in [2.45, 2.75) is 13.0 Å². The van der Waals surface area contributed by atoms with Gasteiger partial charge in [0, 0.05) is 12.1 Å². The van der Waals surface area contributed by atoms with Crippen molar-refractivity contribution in [1.82, 2.24) is 0 Å². The van der Waals surface area contributed by atoms with E-state index in [1.165, 1.54) is 37.5 Å². The number of furan rings is 1. The van der Waals surface area contributed by atoms with Crippen molar-refractivity contribution in [2.24, 2.45) is 0 Å². The first-order chi connectivity index (χ1) is 10.9. The number of carbonyl (C=O) groups excluding carboxylic acids is 2. The van der Waals surface area contributed by atoms with Crippen LogP contribution in [0.4, 0.5) is 11.4 Å². The summed E-state index contributed by atoms with van der Waals surface area (Å²) in [5, 5.41) is 13.0. The zero-order chi connectivity index (χ0) is 17.0. The maximum atomic E-state index is 12.0. The lowest BCUT2D eigenvalue weighted by molar-refractivity contribution is -0.384. The van der Waals surface area contributed by atoms with Crippen molar-refractivity contribution in [3.8, 4) is 0 Å². The third kappa shape index (κ3) is 4.07. The van der Waals surface area contributed by atoms with E-state index < -0.39 is 22.9 Å². The molecule has 23 heavy (non-hydrogen) atoms. The van der Waals surface area contributed by atoms with Gasteiger partial charge in [-0.3, -0.25) is 14.9 Å². The van der Waals surface area contributed by atoms with Crippen LogP contribution in [0.15, 0.2) is 41.0 Å². The van der Waals surface area contributed by atoms with Gasteiger partial charge in [-0.25, -0.2) is 4.79 Å². The SMILES string of the molecule is C[C@@H](OC(=O)c1ccco1)C(=O)Nc1ccc([N+](=O)[O-])cc1Cl. The highest BCUT2D eigenvalue weighted by Crippen LogP contribution is 2.26.